The molecular weight excluding hydrogens is 272 g/mol. The van der Waals surface area contributed by atoms with Crippen molar-refractivity contribution in [3.63, 3.8) is 0 Å². The van der Waals surface area contributed by atoms with Crippen molar-refractivity contribution >= 4 is 28.1 Å². The largest absolute Gasteiger partial charge is 0.398 e. The van der Waals surface area contributed by atoms with E-state index in [-0.39, 0.29) is 5.91 Å². The van der Waals surface area contributed by atoms with Gasteiger partial charge in [-0.1, -0.05) is 19.9 Å². The van der Waals surface area contributed by atoms with Gasteiger partial charge in [0.05, 0.1) is 0 Å². The van der Waals surface area contributed by atoms with Crippen molar-refractivity contribution in [2.75, 3.05) is 22.6 Å². The van der Waals surface area contributed by atoms with Crippen LogP contribution in [-0.4, -0.2) is 21.6 Å². The van der Waals surface area contributed by atoms with Gasteiger partial charge in [-0.3, -0.25) is 9.00 Å². The number of carbonyl (C=O) groups is 1. The number of nitrogens with two attached hydrogens (primary N) is 1. The topological polar surface area (TPSA) is 72.2 Å². The maximum Gasteiger partial charge on any atom is 0.224 e. The number of anilines is 2. The minimum Gasteiger partial charge on any atom is -0.398 e. The van der Waals surface area contributed by atoms with E-state index < -0.39 is 10.8 Å². The van der Waals surface area contributed by atoms with Crippen LogP contribution in [0.3, 0.4) is 0 Å². The van der Waals surface area contributed by atoms with Crippen molar-refractivity contribution in [1.29, 1.82) is 0 Å². The summed E-state index contributed by atoms with van der Waals surface area (Å²) in [6.07, 6.45) is 1.03. The van der Waals surface area contributed by atoms with Gasteiger partial charge in [-0.15, -0.1) is 0 Å². The summed E-state index contributed by atoms with van der Waals surface area (Å²) >= 11 is 0. The molecule has 0 radical (unpaired) electrons. The van der Waals surface area contributed by atoms with Gasteiger partial charge >= 0.3 is 0 Å². The van der Waals surface area contributed by atoms with Crippen molar-refractivity contribution in [3.8, 4) is 0 Å². The van der Waals surface area contributed by atoms with Gasteiger partial charge in [0.25, 0.3) is 0 Å². The van der Waals surface area contributed by atoms with Gasteiger partial charge in [0.2, 0.25) is 5.91 Å². The number of benzene rings is 1. The predicted octanol–water partition coefficient (Wildman–Crippen LogP) is 2.70. The minimum absolute atomic E-state index is 0.0553. The third-order valence-electron chi connectivity index (χ3n) is 2.94. The van der Waals surface area contributed by atoms with Gasteiger partial charge in [0.1, 0.15) is 0 Å². The number of amides is 1. The molecule has 0 spiro atoms. The maximum absolute atomic E-state index is 11.8. The van der Waals surface area contributed by atoms with E-state index >= 15 is 0 Å². The lowest BCUT2D eigenvalue weighted by Crippen LogP contribution is -2.15. The number of hydrogen-bond donors (Lipinski definition) is 2. The van der Waals surface area contributed by atoms with Gasteiger partial charge < -0.3 is 11.1 Å². The molecule has 0 aromatic heterocycles. The molecular formula is C15H24N2O2S. The molecule has 1 unspecified atom stereocenters. The molecule has 0 fully saturated rings. The Balaban J connectivity index is 2.37. The van der Waals surface area contributed by atoms with Crippen molar-refractivity contribution in [3.05, 3.63) is 23.8 Å². The minimum atomic E-state index is -0.821. The number of nitrogen functional groups attached to an aromatic ring is 1. The van der Waals surface area contributed by atoms with E-state index in [0.717, 1.165) is 11.3 Å². The fourth-order valence-electron chi connectivity index (χ4n) is 1.85. The van der Waals surface area contributed by atoms with Crippen molar-refractivity contribution < 1.29 is 9.00 Å². The molecule has 0 saturated carbocycles. The zero-order valence-corrected chi connectivity index (χ0v) is 13.3. The highest BCUT2D eigenvalue weighted by molar-refractivity contribution is 7.84. The van der Waals surface area contributed by atoms with Gasteiger partial charge in [-0.2, -0.15) is 0 Å². The number of carbonyl (C=O) groups excluding carboxylic acids is 1. The van der Waals surface area contributed by atoms with E-state index in [9.17, 15) is 9.00 Å². The lowest BCUT2D eigenvalue weighted by Gasteiger charge is -2.10. The van der Waals surface area contributed by atoms with E-state index in [1.807, 2.05) is 32.9 Å². The normalized spacial score (nSPS) is 12.4. The first-order chi connectivity index (χ1) is 9.40. The van der Waals surface area contributed by atoms with Gasteiger partial charge in [-0.05, 0) is 37.0 Å². The summed E-state index contributed by atoms with van der Waals surface area (Å²) in [4.78, 5) is 11.8. The third kappa shape index (κ3) is 5.74. The van der Waals surface area contributed by atoms with Gasteiger partial charge in [-0.25, -0.2) is 0 Å². The summed E-state index contributed by atoms with van der Waals surface area (Å²) in [6, 6.07) is 5.45. The van der Waals surface area contributed by atoms with Crippen LogP contribution in [0.4, 0.5) is 11.4 Å². The van der Waals surface area contributed by atoms with Crippen molar-refractivity contribution in [1.82, 2.24) is 0 Å². The van der Waals surface area contributed by atoms with E-state index in [2.05, 4.69) is 5.32 Å². The van der Waals surface area contributed by atoms with E-state index in [1.165, 1.54) is 0 Å². The second-order valence-corrected chi connectivity index (χ2v) is 7.00. The lowest BCUT2D eigenvalue weighted by molar-refractivity contribution is -0.116. The van der Waals surface area contributed by atoms with Crippen LogP contribution in [0.15, 0.2) is 18.2 Å². The first-order valence-electron chi connectivity index (χ1n) is 6.90. The Bertz CT molecular complexity index is 487. The monoisotopic (exact) mass is 296 g/mol. The predicted molar refractivity (Wildman–Crippen MR) is 86.2 cm³/mol. The molecule has 0 heterocycles. The molecule has 5 heteroatoms. The molecule has 20 heavy (non-hydrogen) atoms. The SMILES string of the molecule is Cc1c(N)cccc1NC(=O)CCCS(=O)CC(C)C. The second-order valence-electron chi connectivity index (χ2n) is 5.38. The Morgan fingerprint density at radius 3 is 2.75 bits per heavy atom. The van der Waals surface area contributed by atoms with Crippen molar-refractivity contribution in [2.45, 2.75) is 33.6 Å². The zero-order valence-electron chi connectivity index (χ0n) is 12.4. The van der Waals surface area contributed by atoms with Crippen molar-refractivity contribution in [2.24, 2.45) is 5.92 Å². The molecule has 0 aliphatic rings. The number of rotatable bonds is 7. The Morgan fingerprint density at radius 1 is 1.40 bits per heavy atom. The van der Waals surface area contributed by atoms with Crippen LogP contribution in [0.25, 0.3) is 0 Å². The Kier molecular flexibility index (Phi) is 6.71. The van der Waals surface area contributed by atoms with Gasteiger partial charge in [0, 0.05) is 40.1 Å². The smallest absolute Gasteiger partial charge is 0.224 e. The molecule has 3 N–H and O–H groups in total. The van der Waals surface area contributed by atoms with E-state index in [1.54, 1.807) is 6.07 Å². The van der Waals surface area contributed by atoms with Crippen LogP contribution >= 0.6 is 0 Å². The molecule has 0 bridgehead atoms. The van der Waals surface area contributed by atoms with Crippen LogP contribution in [0.2, 0.25) is 0 Å². The summed E-state index contributed by atoms with van der Waals surface area (Å²) < 4.78 is 11.7. The van der Waals surface area contributed by atoms with Crippen LogP contribution in [0, 0.1) is 12.8 Å². The maximum atomic E-state index is 11.8. The fourth-order valence-corrected chi connectivity index (χ4v) is 3.23. The molecule has 0 saturated heterocycles. The second kappa shape index (κ2) is 8.04. The van der Waals surface area contributed by atoms with Crippen LogP contribution in [-0.2, 0) is 15.6 Å². The Morgan fingerprint density at radius 2 is 2.10 bits per heavy atom. The summed E-state index contributed by atoms with van der Waals surface area (Å²) in [7, 11) is -0.821. The summed E-state index contributed by atoms with van der Waals surface area (Å²) in [5, 5.41) is 2.85. The van der Waals surface area contributed by atoms with E-state index in [0.29, 0.717) is 36.0 Å². The van der Waals surface area contributed by atoms with Crippen LogP contribution in [0.5, 0.6) is 0 Å². The van der Waals surface area contributed by atoms with Crippen LogP contribution in [0.1, 0.15) is 32.3 Å². The summed E-state index contributed by atoms with van der Waals surface area (Å²) in [5.74, 6) is 1.66. The molecule has 1 aromatic rings. The standard InChI is InChI=1S/C15H24N2O2S/c1-11(2)10-20(19)9-5-8-15(18)17-14-7-4-6-13(16)12(14)3/h4,6-7,11H,5,8-10,16H2,1-3H3,(H,17,18). The highest BCUT2D eigenvalue weighted by atomic mass is 32.2. The summed E-state index contributed by atoms with van der Waals surface area (Å²) in [5.41, 5.74) is 8.09. The molecule has 4 nitrogen and oxygen atoms in total. The Hall–Kier alpha value is -1.36. The molecule has 0 aliphatic heterocycles. The quantitative estimate of drug-likeness (QED) is 0.760. The molecule has 0 aliphatic carbocycles. The summed E-state index contributed by atoms with van der Waals surface area (Å²) in [6.45, 7) is 5.98. The highest BCUT2D eigenvalue weighted by Gasteiger charge is 2.08. The van der Waals surface area contributed by atoms with Gasteiger partial charge in [0.15, 0.2) is 0 Å². The molecule has 1 amide bonds. The number of hydrogen-bond acceptors (Lipinski definition) is 3. The Labute approximate surface area is 123 Å². The zero-order chi connectivity index (χ0) is 15.1. The fraction of sp³-hybridized carbons (Fsp3) is 0.533. The third-order valence-corrected chi connectivity index (χ3v) is 4.73. The molecule has 112 valence electrons. The molecule has 1 rings (SSSR count). The molecule has 1 atom stereocenters. The van der Waals surface area contributed by atoms with E-state index in [4.69, 9.17) is 5.73 Å². The van der Waals surface area contributed by atoms with Crippen LogP contribution < -0.4 is 11.1 Å². The average molecular weight is 296 g/mol. The average Bonchev–Trinajstić information content (AvgIpc) is 2.34. The number of nitrogens with one attached hydrogen (secondary N) is 1. The lowest BCUT2D eigenvalue weighted by atomic mass is 10.1. The first-order valence-corrected chi connectivity index (χ1v) is 8.39. The highest BCUT2D eigenvalue weighted by Crippen LogP contribution is 2.20. The molecule has 1 aromatic carbocycles. The first kappa shape index (κ1) is 16.7.